The van der Waals surface area contributed by atoms with Crippen molar-refractivity contribution in [2.75, 3.05) is 0 Å². The zero-order chi connectivity index (χ0) is 29.8. The van der Waals surface area contributed by atoms with Crippen LogP contribution in [0.5, 0.6) is 0 Å². The van der Waals surface area contributed by atoms with E-state index in [2.05, 4.69) is 0 Å². The van der Waals surface area contributed by atoms with Crippen molar-refractivity contribution in [3.63, 3.8) is 0 Å². The molecule has 0 aromatic heterocycles. The van der Waals surface area contributed by atoms with E-state index in [0.29, 0.717) is 0 Å². The van der Waals surface area contributed by atoms with E-state index in [9.17, 15) is 88.2 Å². The highest BCUT2D eigenvalue weighted by Gasteiger charge is 2.86. The molecule has 0 aromatic carbocycles. The Morgan fingerprint density at radius 2 is 0.865 bits per heavy atom. The number of ether oxygens (including phenoxy) is 3. The van der Waals surface area contributed by atoms with E-state index >= 15 is 0 Å². The predicted molar refractivity (Wildman–Crippen MR) is 70.7 cm³/mol. The van der Waals surface area contributed by atoms with Crippen LogP contribution in [-0.2, 0) is 19.0 Å². The van der Waals surface area contributed by atoms with Gasteiger partial charge in [0.25, 0.3) is 0 Å². The maximum Gasteiger partial charge on any atom is 0.460 e. The molecular formula is C12H6F19NO5. The molecule has 0 bridgehead atoms. The lowest BCUT2D eigenvalue weighted by atomic mass is 10.2. The number of hydrogen-bond acceptors (Lipinski definition) is 5. The Kier molecular flexibility index (Phi) is 9.76. The fourth-order valence-corrected chi connectivity index (χ4v) is 1.50. The average molecular weight is 605 g/mol. The molecule has 0 saturated carbocycles. The second kappa shape index (κ2) is 9.79. The zero-order valence-electron chi connectivity index (χ0n) is 16.2. The summed E-state index contributed by atoms with van der Waals surface area (Å²) in [6.45, 7) is 1.45. The molecule has 0 aliphatic heterocycles. The third kappa shape index (κ3) is 6.42. The number of carboxylic acids is 1. The summed E-state index contributed by atoms with van der Waals surface area (Å²) in [6.07, 6.45) is -46.5. The Labute approximate surface area is 188 Å². The first-order valence-corrected chi connectivity index (χ1v) is 7.35. The third-order valence-corrected chi connectivity index (χ3v) is 3.24. The van der Waals surface area contributed by atoms with Gasteiger partial charge in [0.05, 0.1) is 0 Å². The second-order valence-corrected chi connectivity index (χ2v) is 5.85. The quantitative estimate of drug-likeness (QED) is 0.287. The SMILES string of the molecule is C=C(F)C(F)(F)OC(F)(C(F)(F)F)C(F)(F)OC(F)(C(F)(F)F)C(F)(F)OC(F)(C(=O)O)C(F)(F)F.N. The summed E-state index contributed by atoms with van der Waals surface area (Å²) < 4.78 is 251. The fraction of sp³-hybridized carbons (Fsp3) is 0.750. The predicted octanol–water partition coefficient (Wildman–Crippen LogP) is 6.23. The summed E-state index contributed by atoms with van der Waals surface area (Å²) in [7, 11) is 0. The molecule has 0 fully saturated rings. The lowest BCUT2D eigenvalue weighted by molar-refractivity contribution is -0.566. The molecule has 0 aliphatic carbocycles. The van der Waals surface area contributed by atoms with Gasteiger partial charge in [-0.1, -0.05) is 6.58 Å². The van der Waals surface area contributed by atoms with Gasteiger partial charge in [-0.3, -0.25) is 14.2 Å². The number of hydrogen-bond donors (Lipinski definition) is 2. The summed E-state index contributed by atoms with van der Waals surface area (Å²) in [4.78, 5) is 10.2. The number of carboxylic acid groups (broad SMARTS) is 1. The molecule has 0 aromatic rings. The summed E-state index contributed by atoms with van der Waals surface area (Å²) in [5.41, 5.74) is 0. The van der Waals surface area contributed by atoms with Crippen LogP contribution in [0.15, 0.2) is 12.4 Å². The van der Waals surface area contributed by atoms with Gasteiger partial charge in [-0.2, -0.15) is 79.0 Å². The molecule has 37 heavy (non-hydrogen) atoms. The molecular weight excluding hydrogens is 599 g/mol. The van der Waals surface area contributed by atoms with Gasteiger partial charge in [-0.05, 0) is 0 Å². The van der Waals surface area contributed by atoms with Crippen LogP contribution in [-0.4, -0.2) is 65.5 Å². The fourth-order valence-electron chi connectivity index (χ4n) is 1.50. The first-order valence-electron chi connectivity index (χ1n) is 7.35. The van der Waals surface area contributed by atoms with E-state index in [0.717, 1.165) is 0 Å². The Bertz CT molecular complexity index is 852. The van der Waals surface area contributed by atoms with Gasteiger partial charge in [0, 0.05) is 0 Å². The number of aliphatic carboxylic acids is 1. The van der Waals surface area contributed by atoms with E-state index in [4.69, 9.17) is 5.11 Å². The Hall–Kier alpha value is -2.28. The summed E-state index contributed by atoms with van der Waals surface area (Å²) in [6, 6.07) is 0. The molecule has 0 rings (SSSR count). The standard InChI is InChI=1S/C12H3F19O5.H3N/c1-2(13)5(15,16)35-6(17,9(22,23)24)12(30,31)36-7(18,10(25,26)27)11(28,29)34-4(14,3(32)33)8(19,20)21;/h1H2,(H,32,33);1H3. The summed E-state index contributed by atoms with van der Waals surface area (Å²) in [5.74, 6) is -31.5. The average Bonchev–Trinajstić information content (AvgIpc) is 2.56. The van der Waals surface area contributed by atoms with Crippen molar-refractivity contribution in [1.82, 2.24) is 6.15 Å². The molecule has 0 saturated heterocycles. The van der Waals surface area contributed by atoms with Crippen LogP contribution in [0.1, 0.15) is 0 Å². The molecule has 222 valence electrons. The zero-order valence-corrected chi connectivity index (χ0v) is 16.2. The van der Waals surface area contributed by atoms with Crippen LogP contribution in [0.4, 0.5) is 83.4 Å². The van der Waals surface area contributed by atoms with Crippen molar-refractivity contribution in [3.8, 4) is 0 Å². The number of halogens is 19. The van der Waals surface area contributed by atoms with Crippen molar-refractivity contribution in [2.45, 2.75) is 54.4 Å². The van der Waals surface area contributed by atoms with Crippen molar-refractivity contribution in [1.29, 1.82) is 0 Å². The molecule has 6 nitrogen and oxygen atoms in total. The molecule has 3 atom stereocenters. The van der Waals surface area contributed by atoms with Crippen LogP contribution >= 0.6 is 0 Å². The minimum atomic E-state index is -8.32. The Balaban J connectivity index is 0. The summed E-state index contributed by atoms with van der Waals surface area (Å²) in [5, 5.41) is 7.95. The van der Waals surface area contributed by atoms with Crippen LogP contribution in [0.2, 0.25) is 0 Å². The topological polar surface area (TPSA) is 100.0 Å². The molecule has 0 heterocycles. The molecule has 0 aliphatic rings. The van der Waals surface area contributed by atoms with Gasteiger partial charge in [0.15, 0.2) is 5.83 Å². The van der Waals surface area contributed by atoms with Gasteiger partial charge >= 0.3 is 60.4 Å². The van der Waals surface area contributed by atoms with Gasteiger partial charge in [0.1, 0.15) is 0 Å². The normalized spacial score (nSPS) is 19.2. The van der Waals surface area contributed by atoms with E-state index < -0.39 is 66.2 Å². The highest BCUT2D eigenvalue weighted by Crippen LogP contribution is 2.57. The van der Waals surface area contributed by atoms with E-state index in [1.807, 2.05) is 0 Å². The number of rotatable bonds is 10. The molecule has 0 spiro atoms. The molecule has 3 unspecified atom stereocenters. The van der Waals surface area contributed by atoms with Crippen molar-refractivity contribution in [3.05, 3.63) is 12.4 Å². The maximum atomic E-state index is 14.0. The van der Waals surface area contributed by atoms with Crippen LogP contribution in [0.3, 0.4) is 0 Å². The van der Waals surface area contributed by atoms with E-state index in [1.54, 1.807) is 4.74 Å². The van der Waals surface area contributed by atoms with Crippen LogP contribution in [0, 0.1) is 0 Å². The molecule has 4 N–H and O–H groups in total. The van der Waals surface area contributed by atoms with Crippen LogP contribution < -0.4 is 6.15 Å². The smallest absolute Gasteiger partial charge is 0.460 e. The van der Waals surface area contributed by atoms with Gasteiger partial charge < -0.3 is 11.3 Å². The minimum Gasteiger partial charge on any atom is -0.477 e. The van der Waals surface area contributed by atoms with E-state index in [-0.39, 0.29) is 6.15 Å². The Morgan fingerprint density at radius 1 is 0.568 bits per heavy atom. The molecule has 0 radical (unpaired) electrons. The van der Waals surface area contributed by atoms with Crippen LogP contribution in [0.25, 0.3) is 0 Å². The van der Waals surface area contributed by atoms with Crippen molar-refractivity contribution < 1.29 is 108 Å². The second-order valence-electron chi connectivity index (χ2n) is 5.85. The van der Waals surface area contributed by atoms with Gasteiger partial charge in [0.2, 0.25) is 0 Å². The Morgan fingerprint density at radius 3 is 1.11 bits per heavy atom. The summed E-state index contributed by atoms with van der Waals surface area (Å²) >= 11 is 0. The van der Waals surface area contributed by atoms with Crippen molar-refractivity contribution in [2.24, 2.45) is 0 Å². The monoisotopic (exact) mass is 605 g/mol. The lowest BCUT2D eigenvalue weighted by Crippen LogP contribution is -2.69. The highest BCUT2D eigenvalue weighted by atomic mass is 19.4. The molecule has 0 amide bonds. The molecule has 25 heteroatoms. The largest absolute Gasteiger partial charge is 0.477 e. The van der Waals surface area contributed by atoms with Gasteiger partial charge in [-0.25, -0.2) is 9.18 Å². The number of carbonyl (C=O) groups is 1. The first kappa shape index (κ1) is 36.9. The lowest BCUT2D eigenvalue weighted by Gasteiger charge is -2.41. The number of alkyl halides is 18. The van der Waals surface area contributed by atoms with Gasteiger partial charge in [-0.15, -0.1) is 0 Å². The maximum absolute atomic E-state index is 14.0. The van der Waals surface area contributed by atoms with Crippen molar-refractivity contribution >= 4 is 5.97 Å². The first-order chi connectivity index (χ1) is 15.3. The highest BCUT2D eigenvalue weighted by molar-refractivity contribution is 5.76. The third-order valence-electron chi connectivity index (χ3n) is 3.24. The minimum absolute atomic E-state index is 0. The van der Waals surface area contributed by atoms with E-state index in [1.165, 1.54) is 16.1 Å².